The molecule has 2 heteroatoms. The summed E-state index contributed by atoms with van der Waals surface area (Å²) in [5, 5.41) is 4.78. The Hall–Kier alpha value is -10.0. The molecule has 0 bridgehead atoms. The number of para-hydroxylation sites is 4. The molecule has 0 heterocycles. The molecule has 13 aromatic rings. The molecule has 15 rings (SSSR count). The van der Waals surface area contributed by atoms with Crippen LogP contribution in [-0.4, -0.2) is 0 Å². The van der Waals surface area contributed by atoms with Crippen LogP contribution in [-0.2, 0) is 10.8 Å². The zero-order chi connectivity index (χ0) is 53.4. The van der Waals surface area contributed by atoms with E-state index in [0.717, 1.165) is 34.1 Å². The van der Waals surface area contributed by atoms with Gasteiger partial charge in [-0.15, -0.1) is 0 Å². The second-order valence-electron chi connectivity index (χ2n) is 21.6. The third kappa shape index (κ3) is 7.12. The van der Waals surface area contributed by atoms with Crippen LogP contribution in [0.2, 0.25) is 0 Å². The van der Waals surface area contributed by atoms with Crippen molar-refractivity contribution in [3.8, 4) is 22.3 Å². The van der Waals surface area contributed by atoms with Gasteiger partial charge in [-0.25, -0.2) is 0 Å². The van der Waals surface area contributed by atoms with Gasteiger partial charge >= 0.3 is 0 Å². The minimum absolute atomic E-state index is 0.658. The van der Waals surface area contributed by atoms with Crippen LogP contribution >= 0.6 is 0 Å². The lowest BCUT2D eigenvalue weighted by molar-refractivity contribution is 0.758. The summed E-state index contributed by atoms with van der Waals surface area (Å²) in [5.41, 5.74) is 23.1. The topological polar surface area (TPSA) is 6.48 Å². The van der Waals surface area contributed by atoms with Crippen LogP contribution < -0.4 is 9.80 Å². The molecule has 2 aliphatic rings. The van der Waals surface area contributed by atoms with Crippen molar-refractivity contribution in [1.29, 1.82) is 0 Å². The van der Waals surface area contributed by atoms with Gasteiger partial charge in [0.15, 0.2) is 0 Å². The number of anilines is 6. The second kappa shape index (κ2) is 18.9. The zero-order valence-corrected chi connectivity index (χ0v) is 44.8. The van der Waals surface area contributed by atoms with E-state index in [2.05, 4.69) is 327 Å². The van der Waals surface area contributed by atoms with Crippen molar-refractivity contribution in [1.82, 2.24) is 0 Å². The van der Waals surface area contributed by atoms with E-state index in [9.17, 15) is 0 Å². The normalized spacial score (nSPS) is 13.3. The van der Waals surface area contributed by atoms with E-state index in [-0.39, 0.29) is 0 Å². The van der Waals surface area contributed by atoms with Crippen molar-refractivity contribution in [2.45, 2.75) is 24.7 Å². The van der Waals surface area contributed by atoms with Crippen molar-refractivity contribution in [3.05, 3.63) is 359 Å². The minimum Gasteiger partial charge on any atom is -0.310 e. The highest BCUT2D eigenvalue weighted by Crippen LogP contribution is 2.65. The molecular weight excluding hydrogens is 965 g/mol. The van der Waals surface area contributed by atoms with Crippen molar-refractivity contribution in [2.75, 3.05) is 9.80 Å². The van der Waals surface area contributed by atoms with E-state index < -0.39 is 10.8 Å². The number of rotatable bonds is 10. The molecule has 0 spiro atoms. The van der Waals surface area contributed by atoms with E-state index in [1.807, 2.05) is 0 Å². The Balaban J connectivity index is 1.04. The second-order valence-corrected chi connectivity index (χ2v) is 21.6. The van der Waals surface area contributed by atoms with Gasteiger partial charge in [0.05, 0.1) is 10.8 Å². The predicted molar refractivity (Wildman–Crippen MR) is 335 cm³/mol. The smallest absolute Gasteiger partial charge is 0.0714 e. The number of nitrogens with zero attached hydrogens (tertiary/aromatic N) is 2. The summed E-state index contributed by atoms with van der Waals surface area (Å²) in [5.74, 6) is 0. The summed E-state index contributed by atoms with van der Waals surface area (Å²) in [6.45, 7) is 4.41. The molecule has 80 heavy (non-hydrogen) atoms. The van der Waals surface area contributed by atoms with E-state index >= 15 is 0 Å². The van der Waals surface area contributed by atoms with Crippen LogP contribution in [0, 0.1) is 13.8 Å². The predicted octanol–water partition coefficient (Wildman–Crippen LogP) is 20.3. The Morgan fingerprint density at radius 3 is 0.887 bits per heavy atom. The molecule has 0 amide bonds. The lowest BCUT2D eigenvalue weighted by atomic mass is 9.65. The molecular formula is C78H56N2. The highest BCUT2D eigenvalue weighted by atomic mass is 15.1. The average molecular weight is 1020 g/mol. The van der Waals surface area contributed by atoms with E-state index in [4.69, 9.17) is 0 Å². The molecule has 378 valence electrons. The third-order valence-corrected chi connectivity index (χ3v) is 17.4. The van der Waals surface area contributed by atoms with Gasteiger partial charge in [0.2, 0.25) is 0 Å². The van der Waals surface area contributed by atoms with E-state index in [0.29, 0.717) is 0 Å². The Kier molecular flexibility index (Phi) is 11.1. The van der Waals surface area contributed by atoms with Gasteiger partial charge in [-0.1, -0.05) is 218 Å². The quantitative estimate of drug-likeness (QED) is 0.135. The molecule has 0 atom stereocenters. The molecule has 13 aromatic carbocycles. The van der Waals surface area contributed by atoms with Crippen molar-refractivity contribution in [2.24, 2.45) is 0 Å². The van der Waals surface area contributed by atoms with Gasteiger partial charge in [0, 0.05) is 34.1 Å². The Bertz CT molecular complexity index is 4110. The molecule has 0 aromatic heterocycles. The fraction of sp³-hybridized carbons (Fsp3) is 0.0513. The van der Waals surface area contributed by atoms with Crippen molar-refractivity contribution >= 4 is 55.7 Å². The molecule has 2 nitrogen and oxygen atoms in total. The SMILES string of the molecule is Cc1ccccc1N(c1ccccc1)c1ccc2cc3c(cc2c1)C(c1ccccc1)(c1ccccc1)c1ccc2c(c1-3)-c1cc3ccc(N(c4ccccc4)c4ccccc4C)cc3cc1C2(c1ccccc1)c1ccccc1. The van der Waals surface area contributed by atoms with Crippen LogP contribution in [0.15, 0.2) is 303 Å². The van der Waals surface area contributed by atoms with Crippen LogP contribution in [0.1, 0.15) is 55.6 Å². The Morgan fingerprint density at radius 2 is 0.550 bits per heavy atom. The molecule has 2 aliphatic carbocycles. The lowest BCUT2D eigenvalue weighted by Crippen LogP contribution is -2.30. The van der Waals surface area contributed by atoms with Gasteiger partial charge in [-0.05, 0) is 198 Å². The van der Waals surface area contributed by atoms with E-state index in [1.54, 1.807) is 0 Å². The maximum absolute atomic E-state index is 2.54. The van der Waals surface area contributed by atoms with Crippen LogP contribution in [0.3, 0.4) is 0 Å². The fourth-order valence-electron chi connectivity index (χ4n) is 13.9. The number of hydrogen-bond acceptors (Lipinski definition) is 2. The number of hydrogen-bond donors (Lipinski definition) is 0. The van der Waals surface area contributed by atoms with Gasteiger partial charge in [-0.3, -0.25) is 0 Å². The third-order valence-electron chi connectivity index (χ3n) is 17.4. The first kappa shape index (κ1) is 47.2. The summed E-state index contributed by atoms with van der Waals surface area (Å²) in [4.78, 5) is 4.81. The first-order chi connectivity index (χ1) is 39.5. The van der Waals surface area contributed by atoms with Gasteiger partial charge < -0.3 is 9.80 Å². The number of benzene rings is 13. The highest BCUT2D eigenvalue weighted by Gasteiger charge is 2.53. The lowest BCUT2D eigenvalue weighted by Gasteiger charge is -2.35. The molecule has 0 saturated heterocycles. The monoisotopic (exact) mass is 1020 g/mol. The minimum atomic E-state index is -0.658. The van der Waals surface area contributed by atoms with Crippen molar-refractivity contribution < 1.29 is 0 Å². The Morgan fingerprint density at radius 1 is 0.237 bits per heavy atom. The summed E-state index contributed by atoms with van der Waals surface area (Å²) in [6.07, 6.45) is 0. The van der Waals surface area contributed by atoms with Gasteiger partial charge in [0.1, 0.15) is 0 Å². The van der Waals surface area contributed by atoms with E-state index in [1.165, 1.54) is 99.4 Å². The Labute approximate surface area is 468 Å². The fourth-order valence-corrected chi connectivity index (χ4v) is 13.9. The molecule has 0 aliphatic heterocycles. The molecule has 0 unspecified atom stereocenters. The molecule has 0 fully saturated rings. The molecule has 0 radical (unpaired) electrons. The van der Waals surface area contributed by atoms with Gasteiger partial charge in [0.25, 0.3) is 0 Å². The van der Waals surface area contributed by atoms with Crippen molar-refractivity contribution in [3.63, 3.8) is 0 Å². The first-order valence-corrected chi connectivity index (χ1v) is 27.9. The number of aryl methyl sites for hydroxylation is 2. The average Bonchev–Trinajstić information content (AvgIpc) is 2.58. The largest absolute Gasteiger partial charge is 0.310 e. The van der Waals surface area contributed by atoms with Crippen LogP contribution in [0.25, 0.3) is 43.8 Å². The maximum atomic E-state index is 2.54. The van der Waals surface area contributed by atoms with Crippen LogP contribution in [0.4, 0.5) is 34.1 Å². The zero-order valence-electron chi connectivity index (χ0n) is 44.8. The molecule has 0 N–H and O–H groups in total. The summed E-state index contributed by atoms with van der Waals surface area (Å²) < 4.78 is 0. The van der Waals surface area contributed by atoms with Gasteiger partial charge in [-0.2, -0.15) is 0 Å². The standard InChI is InChI=1S/C78H56N2/c1-53-25-21-23-39-73(53)79(63-35-17-7-18-36-63)65-43-41-55-49-67-71(51-57(55)47-65)77(59-27-9-3-10-28-59,60-29-11-4-12-30-60)69-45-46-70-76(75(67)69)68-50-56-42-44-66(80(64-37-19-8-20-38-64)74-40-24-22-26-54(74)2)48-58(56)52-72(68)78(70,61-31-13-5-14-32-61)62-33-15-6-16-34-62/h3-52H,1-2H3. The summed E-state index contributed by atoms with van der Waals surface area (Å²) in [7, 11) is 0. The maximum Gasteiger partial charge on any atom is 0.0714 e. The highest BCUT2D eigenvalue weighted by molar-refractivity contribution is 6.08. The van der Waals surface area contributed by atoms with Crippen LogP contribution in [0.5, 0.6) is 0 Å². The number of fused-ring (bicyclic) bond motifs is 9. The summed E-state index contributed by atoms with van der Waals surface area (Å²) >= 11 is 0. The molecule has 0 saturated carbocycles. The summed E-state index contributed by atoms with van der Waals surface area (Å²) in [6, 6.07) is 113. The first-order valence-electron chi connectivity index (χ1n) is 27.9.